The molecule has 4 heteroatoms. The Morgan fingerprint density at radius 1 is 1.44 bits per heavy atom. The van der Waals surface area contributed by atoms with Crippen LogP contribution < -0.4 is 11.5 Å². The molecule has 0 aliphatic heterocycles. The molecule has 0 bridgehead atoms. The van der Waals surface area contributed by atoms with Crippen LogP contribution in [-0.4, -0.2) is 17.7 Å². The Morgan fingerprint density at radius 3 is 2.00 bits per heavy atom. The van der Waals surface area contributed by atoms with Gasteiger partial charge in [0.2, 0.25) is 0 Å². The van der Waals surface area contributed by atoms with Crippen molar-refractivity contribution in [2.24, 2.45) is 11.5 Å². The fourth-order valence-electron chi connectivity index (χ4n) is 0.363. The quantitative estimate of drug-likeness (QED) is 0.370. The van der Waals surface area contributed by atoms with Gasteiger partial charge in [0.05, 0.1) is 6.42 Å². The Balaban J connectivity index is 3.64. The fraction of sp³-hybridized carbons (Fsp3) is 0.600. The van der Waals surface area contributed by atoms with E-state index in [-0.39, 0.29) is 12.2 Å². The fourth-order valence-corrected chi connectivity index (χ4v) is 0.363. The van der Waals surface area contributed by atoms with E-state index in [9.17, 15) is 9.59 Å². The minimum atomic E-state index is -1.01. The molecule has 0 spiro atoms. The molecule has 0 fully saturated rings. The summed E-state index contributed by atoms with van der Waals surface area (Å²) in [4.78, 5) is 20.7. The van der Waals surface area contributed by atoms with Crippen molar-refractivity contribution >= 4 is 11.6 Å². The minimum Gasteiger partial charge on any atom is -0.310 e. The molecule has 0 aromatic heterocycles. The number of nitrogens with two attached hydrogens (primary N) is 2. The largest absolute Gasteiger partial charge is 0.310 e. The zero-order valence-corrected chi connectivity index (χ0v) is 5.26. The van der Waals surface area contributed by atoms with Crippen LogP contribution in [-0.2, 0) is 9.59 Å². The average Bonchev–Trinajstić information content (AvgIpc) is 1.63. The molecule has 4 N–H and O–H groups in total. The zero-order valence-electron chi connectivity index (χ0n) is 5.26. The first-order chi connectivity index (χ1) is 4.04. The number of hydrogen-bond donors (Lipinski definition) is 2. The van der Waals surface area contributed by atoms with Crippen LogP contribution in [0, 0.1) is 0 Å². The monoisotopic (exact) mass is 130 g/mol. The summed E-state index contributed by atoms with van der Waals surface area (Å²) in [5.41, 5.74) is 9.92. The second-order valence-corrected chi connectivity index (χ2v) is 1.87. The lowest BCUT2D eigenvalue weighted by molar-refractivity contribution is -0.126. The van der Waals surface area contributed by atoms with E-state index in [0.717, 1.165) is 0 Å². The smallest absolute Gasteiger partial charge is 0.171 e. The first kappa shape index (κ1) is 8.26. The van der Waals surface area contributed by atoms with E-state index in [1.165, 1.54) is 6.92 Å². The van der Waals surface area contributed by atoms with Crippen LogP contribution >= 0.6 is 0 Å². The van der Waals surface area contributed by atoms with Gasteiger partial charge in [-0.05, 0) is 6.92 Å². The second-order valence-electron chi connectivity index (χ2n) is 1.87. The van der Waals surface area contributed by atoms with E-state index in [4.69, 9.17) is 11.5 Å². The second kappa shape index (κ2) is 3.32. The van der Waals surface area contributed by atoms with Crippen LogP contribution in [0.25, 0.3) is 0 Å². The summed E-state index contributed by atoms with van der Waals surface area (Å²) in [5, 5.41) is 0. The Morgan fingerprint density at radius 2 is 1.89 bits per heavy atom. The Kier molecular flexibility index (Phi) is 3.05. The number of Topliss-reactive ketones (excluding diaryl/α,β-unsaturated/α-hetero) is 2. The highest BCUT2D eigenvalue weighted by Crippen LogP contribution is 1.84. The highest BCUT2D eigenvalue weighted by Gasteiger charge is 2.09. The van der Waals surface area contributed by atoms with Crippen molar-refractivity contribution in [3.05, 3.63) is 0 Å². The lowest BCUT2D eigenvalue weighted by Gasteiger charge is -1.99. The maximum absolute atomic E-state index is 10.5. The molecule has 0 unspecified atom stereocenters. The van der Waals surface area contributed by atoms with E-state index in [0.29, 0.717) is 0 Å². The van der Waals surface area contributed by atoms with Crippen molar-refractivity contribution in [3.63, 3.8) is 0 Å². The van der Waals surface area contributed by atoms with Gasteiger partial charge in [0.1, 0.15) is 11.9 Å². The molecular formula is C5H10N2O2. The standard InChI is InChI=1S/C5H10N2O2/c1-3(8)2-4(9)5(6)7/h5H,2,6-7H2,1H3. The molecule has 0 rings (SSSR count). The van der Waals surface area contributed by atoms with E-state index in [2.05, 4.69) is 0 Å². The Bertz CT molecular complexity index is 131. The summed E-state index contributed by atoms with van der Waals surface area (Å²) in [6.45, 7) is 1.32. The maximum atomic E-state index is 10.5. The van der Waals surface area contributed by atoms with Crippen molar-refractivity contribution in [2.75, 3.05) is 0 Å². The molecule has 9 heavy (non-hydrogen) atoms. The summed E-state index contributed by atoms with van der Waals surface area (Å²) in [5.74, 6) is -0.622. The Labute approximate surface area is 53.2 Å². The van der Waals surface area contributed by atoms with Gasteiger partial charge in [-0.2, -0.15) is 0 Å². The molecule has 0 radical (unpaired) electrons. The lowest BCUT2D eigenvalue weighted by atomic mass is 10.2. The summed E-state index contributed by atoms with van der Waals surface area (Å²) in [6, 6.07) is 0. The van der Waals surface area contributed by atoms with E-state index >= 15 is 0 Å². The average molecular weight is 130 g/mol. The highest BCUT2D eigenvalue weighted by molar-refractivity contribution is 6.00. The molecule has 0 heterocycles. The first-order valence-electron chi connectivity index (χ1n) is 2.57. The Hall–Kier alpha value is -0.740. The SMILES string of the molecule is CC(=O)CC(=O)C(N)N. The lowest BCUT2D eigenvalue weighted by Crippen LogP contribution is -2.39. The van der Waals surface area contributed by atoms with Gasteiger partial charge < -0.3 is 11.5 Å². The summed E-state index contributed by atoms with van der Waals surface area (Å²) < 4.78 is 0. The van der Waals surface area contributed by atoms with Crippen LogP contribution in [0.15, 0.2) is 0 Å². The van der Waals surface area contributed by atoms with E-state index in [1.807, 2.05) is 0 Å². The number of carbonyl (C=O) groups excluding carboxylic acids is 2. The van der Waals surface area contributed by atoms with E-state index in [1.54, 1.807) is 0 Å². The molecular weight excluding hydrogens is 120 g/mol. The summed E-state index contributed by atoms with van der Waals surface area (Å²) in [7, 11) is 0. The highest BCUT2D eigenvalue weighted by atomic mass is 16.1. The van der Waals surface area contributed by atoms with Crippen LogP contribution in [0.1, 0.15) is 13.3 Å². The predicted octanol–water partition coefficient (Wildman–Crippen LogP) is -1.22. The maximum Gasteiger partial charge on any atom is 0.171 e. The molecule has 0 atom stereocenters. The molecule has 0 aliphatic carbocycles. The van der Waals surface area contributed by atoms with Gasteiger partial charge >= 0.3 is 0 Å². The topological polar surface area (TPSA) is 86.2 Å². The van der Waals surface area contributed by atoms with Gasteiger partial charge in [-0.15, -0.1) is 0 Å². The molecule has 0 saturated carbocycles. The summed E-state index contributed by atoms with van der Waals surface area (Å²) >= 11 is 0. The van der Waals surface area contributed by atoms with Gasteiger partial charge in [-0.1, -0.05) is 0 Å². The van der Waals surface area contributed by atoms with Crippen molar-refractivity contribution in [3.8, 4) is 0 Å². The van der Waals surface area contributed by atoms with Crippen molar-refractivity contribution in [1.29, 1.82) is 0 Å². The van der Waals surface area contributed by atoms with Crippen LogP contribution in [0.4, 0.5) is 0 Å². The zero-order chi connectivity index (χ0) is 7.44. The summed E-state index contributed by atoms with van der Waals surface area (Å²) in [6.07, 6.45) is -1.16. The first-order valence-corrected chi connectivity index (χ1v) is 2.57. The van der Waals surface area contributed by atoms with Crippen LogP contribution in [0.5, 0.6) is 0 Å². The third kappa shape index (κ3) is 3.81. The van der Waals surface area contributed by atoms with Crippen molar-refractivity contribution < 1.29 is 9.59 Å². The van der Waals surface area contributed by atoms with Gasteiger partial charge in [0.15, 0.2) is 5.78 Å². The third-order valence-electron chi connectivity index (χ3n) is 0.795. The molecule has 0 amide bonds. The van der Waals surface area contributed by atoms with Crippen molar-refractivity contribution in [2.45, 2.75) is 19.5 Å². The molecule has 0 saturated heterocycles. The predicted molar refractivity (Wildman–Crippen MR) is 32.5 cm³/mol. The molecule has 0 aromatic rings. The molecule has 0 aromatic carbocycles. The van der Waals surface area contributed by atoms with Crippen LogP contribution in [0.2, 0.25) is 0 Å². The van der Waals surface area contributed by atoms with E-state index < -0.39 is 11.9 Å². The minimum absolute atomic E-state index is 0.155. The number of carbonyl (C=O) groups is 2. The molecule has 4 nitrogen and oxygen atoms in total. The third-order valence-corrected chi connectivity index (χ3v) is 0.795. The number of ketones is 2. The van der Waals surface area contributed by atoms with Gasteiger partial charge in [0.25, 0.3) is 0 Å². The normalized spacial score (nSPS) is 9.78. The van der Waals surface area contributed by atoms with Crippen molar-refractivity contribution in [1.82, 2.24) is 0 Å². The van der Waals surface area contributed by atoms with Crippen LogP contribution in [0.3, 0.4) is 0 Å². The number of rotatable bonds is 3. The van der Waals surface area contributed by atoms with Gasteiger partial charge in [0, 0.05) is 0 Å². The molecule has 52 valence electrons. The molecule has 0 aliphatic rings. The van der Waals surface area contributed by atoms with Gasteiger partial charge in [-0.25, -0.2) is 0 Å². The number of hydrogen-bond acceptors (Lipinski definition) is 4. The van der Waals surface area contributed by atoms with Gasteiger partial charge in [-0.3, -0.25) is 9.59 Å².